The van der Waals surface area contributed by atoms with Crippen LogP contribution in [0, 0.1) is 0 Å². The van der Waals surface area contributed by atoms with Crippen LogP contribution in [-0.2, 0) is 10.8 Å². The molecular formula is C128H84N4. The number of nitrogens with zero attached hydrogens (tertiary/aromatic N) is 4. The first-order valence-electron chi connectivity index (χ1n) is 45.8. The summed E-state index contributed by atoms with van der Waals surface area (Å²) in [7, 11) is 0. The van der Waals surface area contributed by atoms with Gasteiger partial charge in [-0.1, -0.05) is 388 Å². The van der Waals surface area contributed by atoms with Gasteiger partial charge in [0.2, 0.25) is 0 Å². The molecule has 4 nitrogen and oxygen atoms in total. The maximum absolute atomic E-state index is 2.46. The largest absolute Gasteiger partial charge is 0.310 e. The fourth-order valence-corrected chi connectivity index (χ4v) is 23.1. The van der Waals surface area contributed by atoms with E-state index in [9.17, 15) is 0 Å². The minimum atomic E-state index is -0.553. The van der Waals surface area contributed by atoms with Crippen LogP contribution in [0.25, 0.3) is 122 Å². The Morgan fingerprint density at radius 3 is 0.667 bits per heavy atom. The quantitative estimate of drug-likeness (QED) is 0.143. The molecule has 4 heteroatoms. The maximum atomic E-state index is 2.46. The van der Waals surface area contributed by atoms with Gasteiger partial charge >= 0.3 is 0 Å². The molecule has 0 saturated carbocycles. The third-order valence-corrected chi connectivity index (χ3v) is 28.5. The Balaban J connectivity index is 0.000000139. The maximum Gasteiger partial charge on any atom is 0.0725 e. The van der Waals surface area contributed by atoms with Crippen molar-refractivity contribution < 1.29 is 0 Å². The smallest absolute Gasteiger partial charge is 0.0725 e. The number of rotatable bonds is 9. The molecule has 0 fully saturated rings. The van der Waals surface area contributed by atoms with Crippen LogP contribution in [0.2, 0.25) is 0 Å². The second-order valence-corrected chi connectivity index (χ2v) is 35.1. The standard InChI is InChI=1S/C67H44N2.C61H40N2/c1-3-19-45(20-4-1)46-35-37-48(38-36-46)68(50-40-42-66-60(44-50)54-26-10-9-25-53(54)58-30-14-18-34-65(58)69(66)47-21-5-2-6-22-47)49-39-41-64-59(43-49)57-29-13-17-33-63(57)67(64)61-31-15-11-27-55(61)51-23-7-8-24-52(51)56-28-12-16-32-62(56)67;1-3-19-41(20-4-1)62(44-36-38-60-54(40-44)48-26-10-9-25-47(48)52-30-14-18-34-59(52)63(60)42-21-5-2-6-22-42)43-35-37-58-53(39-43)51-29-13-17-33-57(51)61(58)55-31-15-11-27-49(55)45-23-7-8-24-46(45)50-28-12-16-32-56(50)61/h1-44H;1-40H. The van der Waals surface area contributed by atoms with Crippen LogP contribution in [0.4, 0.5) is 68.2 Å². The van der Waals surface area contributed by atoms with Crippen LogP contribution in [0.3, 0.4) is 0 Å². The molecule has 6 aliphatic rings. The molecule has 0 aromatic heterocycles. The first-order valence-corrected chi connectivity index (χ1v) is 45.8. The Kier molecular flexibility index (Phi) is 17.8. The lowest BCUT2D eigenvalue weighted by Crippen LogP contribution is -2.29. The van der Waals surface area contributed by atoms with E-state index < -0.39 is 10.8 Å². The summed E-state index contributed by atoms with van der Waals surface area (Å²) in [6, 6.07) is 189. The number of hydrogen-bond donors (Lipinski definition) is 0. The van der Waals surface area contributed by atoms with Gasteiger partial charge in [-0.3, -0.25) is 0 Å². The van der Waals surface area contributed by atoms with Crippen molar-refractivity contribution in [2.75, 3.05) is 19.6 Å². The highest BCUT2D eigenvalue weighted by molar-refractivity contribution is 6.08. The average Bonchev–Trinajstić information content (AvgIpc) is 1.52. The van der Waals surface area contributed by atoms with Gasteiger partial charge in [-0.15, -0.1) is 0 Å². The summed E-state index contributed by atoms with van der Waals surface area (Å²) in [6.07, 6.45) is 0. The number of anilines is 12. The summed E-state index contributed by atoms with van der Waals surface area (Å²) >= 11 is 0. The Bertz CT molecular complexity index is 8040. The molecular weight excluding hydrogens is 1590 g/mol. The molecule has 2 spiro atoms. The molecule has 0 unspecified atom stereocenters. The van der Waals surface area contributed by atoms with E-state index in [0.29, 0.717) is 0 Å². The monoisotopic (exact) mass is 1680 g/mol. The first kappa shape index (κ1) is 76.1. The van der Waals surface area contributed by atoms with Gasteiger partial charge in [0.15, 0.2) is 0 Å². The molecule has 616 valence electrons. The minimum Gasteiger partial charge on any atom is -0.310 e. The lowest BCUT2D eigenvalue weighted by molar-refractivity contribution is 0.775. The van der Waals surface area contributed by atoms with E-state index in [2.05, 4.69) is 529 Å². The van der Waals surface area contributed by atoms with E-state index in [0.717, 1.165) is 62.6 Å². The Morgan fingerprint density at radius 2 is 0.333 bits per heavy atom. The van der Waals surface area contributed by atoms with E-state index in [1.807, 2.05) is 0 Å². The van der Waals surface area contributed by atoms with Gasteiger partial charge in [0.1, 0.15) is 0 Å². The van der Waals surface area contributed by atoms with Crippen molar-refractivity contribution >= 4 is 68.2 Å². The molecule has 132 heavy (non-hydrogen) atoms. The lowest BCUT2D eigenvalue weighted by Gasteiger charge is -2.35. The Morgan fingerprint density at radius 1 is 0.129 bits per heavy atom. The van der Waals surface area contributed by atoms with Gasteiger partial charge in [0.25, 0.3) is 0 Å². The number of benzene rings is 21. The Hall–Kier alpha value is -17.2. The number of hydrogen-bond acceptors (Lipinski definition) is 4. The van der Waals surface area contributed by atoms with E-state index in [1.165, 1.54) is 173 Å². The molecule has 0 amide bonds. The van der Waals surface area contributed by atoms with Gasteiger partial charge in [-0.25, -0.2) is 0 Å². The van der Waals surface area contributed by atoms with E-state index in [-0.39, 0.29) is 0 Å². The molecule has 27 rings (SSSR count). The van der Waals surface area contributed by atoms with Crippen molar-refractivity contribution in [3.63, 3.8) is 0 Å². The fourth-order valence-electron chi connectivity index (χ4n) is 23.1. The van der Waals surface area contributed by atoms with Crippen LogP contribution >= 0.6 is 0 Å². The van der Waals surface area contributed by atoms with E-state index in [4.69, 9.17) is 0 Å². The Labute approximate surface area is 769 Å². The van der Waals surface area contributed by atoms with Gasteiger partial charge in [-0.05, 0) is 266 Å². The molecule has 2 heterocycles. The van der Waals surface area contributed by atoms with Crippen molar-refractivity contribution in [2.45, 2.75) is 10.8 Å². The van der Waals surface area contributed by atoms with Crippen molar-refractivity contribution in [3.8, 4) is 122 Å². The van der Waals surface area contributed by atoms with Crippen molar-refractivity contribution in [1.29, 1.82) is 0 Å². The molecule has 0 N–H and O–H groups in total. The summed E-state index contributed by atoms with van der Waals surface area (Å²) in [4.78, 5) is 9.75. The second kappa shape index (κ2) is 30.8. The highest BCUT2D eigenvalue weighted by Gasteiger charge is 2.52. The SMILES string of the molecule is c1ccc(-c2ccc(N(c3ccc4c(c3)-c3ccccc3-c3ccccc3N4c3ccccc3)c3ccc4c(c3)-c3ccccc3C43c4ccccc4-c4ccccc4-c4ccccc43)cc2)cc1.c1ccc(N(c2ccc3c(c2)-c2ccccc2-c2ccccc2N3c2ccccc2)c2ccc3c(c2)-c2ccccc2C32c3ccccc3-c3ccccc3-c3ccccc32)cc1. The van der Waals surface area contributed by atoms with Crippen LogP contribution in [0.15, 0.2) is 510 Å². The highest BCUT2D eigenvalue weighted by atomic mass is 15.2. The summed E-state index contributed by atoms with van der Waals surface area (Å²) in [5.74, 6) is 0. The number of para-hydroxylation sites is 5. The topological polar surface area (TPSA) is 13.0 Å². The lowest BCUT2D eigenvalue weighted by atomic mass is 9.66. The molecule has 0 radical (unpaired) electrons. The summed E-state index contributed by atoms with van der Waals surface area (Å²) < 4.78 is 0. The number of fused-ring (bicyclic) bond motifs is 34. The van der Waals surface area contributed by atoms with E-state index >= 15 is 0 Å². The third kappa shape index (κ3) is 11.6. The molecule has 4 aliphatic carbocycles. The summed E-state index contributed by atoms with van der Waals surface area (Å²) in [6.45, 7) is 0. The highest BCUT2D eigenvalue weighted by Crippen LogP contribution is 2.66. The van der Waals surface area contributed by atoms with Gasteiger partial charge in [-0.2, -0.15) is 0 Å². The normalized spacial score (nSPS) is 13.1. The zero-order valence-corrected chi connectivity index (χ0v) is 72.3. The van der Waals surface area contributed by atoms with Gasteiger partial charge in [0.05, 0.1) is 33.6 Å². The van der Waals surface area contributed by atoms with Crippen LogP contribution in [0.1, 0.15) is 44.5 Å². The van der Waals surface area contributed by atoms with Crippen molar-refractivity contribution in [1.82, 2.24) is 0 Å². The molecule has 21 aromatic carbocycles. The predicted molar refractivity (Wildman–Crippen MR) is 549 cm³/mol. The van der Waals surface area contributed by atoms with E-state index in [1.54, 1.807) is 0 Å². The molecule has 0 bridgehead atoms. The predicted octanol–water partition coefficient (Wildman–Crippen LogP) is 34.2. The van der Waals surface area contributed by atoms with Crippen molar-refractivity contribution in [3.05, 3.63) is 554 Å². The summed E-state index contributed by atoms with van der Waals surface area (Å²) in [5, 5.41) is 0. The van der Waals surface area contributed by atoms with Gasteiger partial charge in [0, 0.05) is 67.8 Å². The van der Waals surface area contributed by atoms with Crippen LogP contribution < -0.4 is 19.6 Å². The molecule has 0 atom stereocenters. The summed E-state index contributed by atoms with van der Waals surface area (Å²) in [5.41, 5.74) is 50.0. The average molecular weight is 1680 g/mol. The first-order chi connectivity index (χ1) is 65.5. The fraction of sp³-hybridized carbons (Fsp3) is 0.0156. The second-order valence-electron chi connectivity index (χ2n) is 35.1. The minimum absolute atomic E-state index is 0.530. The zero-order valence-electron chi connectivity index (χ0n) is 72.3. The van der Waals surface area contributed by atoms with Crippen LogP contribution in [-0.4, -0.2) is 0 Å². The van der Waals surface area contributed by atoms with Crippen molar-refractivity contribution in [2.24, 2.45) is 0 Å². The van der Waals surface area contributed by atoms with Crippen LogP contribution in [0.5, 0.6) is 0 Å². The molecule has 2 aliphatic heterocycles. The zero-order chi connectivity index (χ0) is 87.0. The molecule has 21 aromatic rings. The molecule has 0 saturated heterocycles. The third-order valence-electron chi connectivity index (χ3n) is 28.5. The van der Waals surface area contributed by atoms with Gasteiger partial charge < -0.3 is 19.6 Å².